The first-order valence-electron chi connectivity index (χ1n) is 2.60. The molecule has 0 aromatic carbocycles. The molecule has 0 aliphatic heterocycles. The minimum absolute atomic E-state index is 0.355. The van der Waals surface area contributed by atoms with E-state index in [0.29, 0.717) is 5.88 Å². The second kappa shape index (κ2) is 3.50. The van der Waals surface area contributed by atoms with Crippen LogP contribution in [0.25, 0.3) is 6.08 Å². The maximum atomic E-state index is 6.67. The van der Waals surface area contributed by atoms with E-state index in [0.717, 1.165) is 5.56 Å². The van der Waals surface area contributed by atoms with Gasteiger partial charge in [-0.15, -0.1) is 5.11 Å². The molecule has 0 amide bonds. The maximum absolute atomic E-state index is 6.67. The summed E-state index contributed by atoms with van der Waals surface area (Å²) in [4.78, 5) is 0. The van der Waals surface area contributed by atoms with E-state index in [1.807, 2.05) is 10.2 Å². The Labute approximate surface area is 71.8 Å². The first kappa shape index (κ1) is 7.46. The minimum Gasteiger partial charge on any atom is -0.445 e. The van der Waals surface area contributed by atoms with Crippen molar-refractivity contribution in [3.05, 3.63) is 22.0 Å². The lowest BCUT2D eigenvalue weighted by molar-refractivity contribution is 0.569. The zero-order valence-corrected chi connectivity index (χ0v) is 7.20. The van der Waals surface area contributed by atoms with Gasteiger partial charge in [-0.1, -0.05) is 22.6 Å². The fourth-order valence-electron chi connectivity index (χ4n) is 0.597. The predicted octanol–water partition coefficient (Wildman–Crippen LogP) is 3.35. The molecule has 0 bridgehead atoms. The van der Waals surface area contributed by atoms with Gasteiger partial charge in [-0.05, 0) is 16.2 Å². The van der Waals surface area contributed by atoms with Crippen LogP contribution in [-0.2, 0) is 0 Å². The van der Waals surface area contributed by atoms with Gasteiger partial charge in [0.05, 0.1) is 6.26 Å². The van der Waals surface area contributed by atoms with Crippen molar-refractivity contribution in [1.29, 1.82) is 5.53 Å². The summed E-state index contributed by atoms with van der Waals surface area (Å²) in [5, 5.41) is 3.18. The molecule has 0 atom stereocenters. The summed E-state index contributed by atoms with van der Waals surface area (Å²) in [6, 6.07) is 1.77. The van der Waals surface area contributed by atoms with Gasteiger partial charge >= 0.3 is 0 Å². The van der Waals surface area contributed by atoms with E-state index in [2.05, 4.69) is 27.7 Å². The number of furan rings is 1. The molecule has 4 heteroatoms. The molecule has 52 valence electrons. The third kappa shape index (κ3) is 1.44. The van der Waals surface area contributed by atoms with E-state index in [-0.39, 0.29) is 0 Å². The number of hydrogen-bond donors (Lipinski definition) is 1. The van der Waals surface area contributed by atoms with Crippen LogP contribution in [0.1, 0.15) is 5.56 Å². The molecule has 0 saturated carbocycles. The van der Waals surface area contributed by atoms with Crippen LogP contribution >= 0.6 is 22.6 Å². The summed E-state index contributed by atoms with van der Waals surface area (Å²) >= 11 is 2.10. The lowest BCUT2D eigenvalue weighted by atomic mass is 10.3. The van der Waals surface area contributed by atoms with E-state index in [9.17, 15) is 0 Å². The SMILES string of the molecule is N=Nc1occc1/C=C\I. The molecule has 0 spiro atoms. The Balaban J connectivity index is 3.00. The van der Waals surface area contributed by atoms with E-state index >= 15 is 0 Å². The molecule has 1 rings (SSSR count). The Morgan fingerprint density at radius 3 is 3.10 bits per heavy atom. The van der Waals surface area contributed by atoms with Crippen molar-refractivity contribution in [2.75, 3.05) is 0 Å². The van der Waals surface area contributed by atoms with E-state index in [1.165, 1.54) is 6.26 Å². The lowest BCUT2D eigenvalue weighted by Crippen LogP contribution is -1.59. The van der Waals surface area contributed by atoms with Gasteiger partial charge in [0.1, 0.15) is 0 Å². The summed E-state index contributed by atoms with van der Waals surface area (Å²) in [5.74, 6) is 0.355. The number of halogens is 1. The Bertz CT molecular complexity index is 254. The number of nitrogens with zero attached hydrogens (tertiary/aromatic N) is 1. The third-order valence-corrected chi connectivity index (χ3v) is 1.38. The fraction of sp³-hybridized carbons (Fsp3) is 0. The summed E-state index contributed by atoms with van der Waals surface area (Å²) in [6.07, 6.45) is 3.34. The molecular weight excluding hydrogens is 243 g/mol. The number of nitrogens with one attached hydrogen (secondary N) is 1. The monoisotopic (exact) mass is 248 g/mol. The summed E-state index contributed by atoms with van der Waals surface area (Å²) in [6.45, 7) is 0. The zero-order valence-electron chi connectivity index (χ0n) is 5.04. The summed E-state index contributed by atoms with van der Waals surface area (Å²) in [5.41, 5.74) is 7.51. The molecule has 0 aliphatic carbocycles. The second-order valence-corrected chi connectivity index (χ2v) is 2.30. The van der Waals surface area contributed by atoms with Gasteiger partial charge in [0.15, 0.2) is 0 Å². The van der Waals surface area contributed by atoms with Crippen LogP contribution in [0, 0.1) is 5.53 Å². The first-order valence-corrected chi connectivity index (χ1v) is 3.84. The van der Waals surface area contributed by atoms with E-state index in [1.54, 1.807) is 6.07 Å². The first-order chi connectivity index (χ1) is 4.88. The topological polar surface area (TPSA) is 49.4 Å². The molecule has 3 nitrogen and oxygen atoms in total. The average Bonchev–Trinajstić information content (AvgIpc) is 2.36. The van der Waals surface area contributed by atoms with Gasteiger partial charge in [0, 0.05) is 5.56 Å². The van der Waals surface area contributed by atoms with Crippen molar-refractivity contribution in [2.45, 2.75) is 0 Å². The third-order valence-electron chi connectivity index (χ3n) is 1.02. The highest BCUT2D eigenvalue weighted by molar-refractivity contribution is 14.1. The van der Waals surface area contributed by atoms with Crippen LogP contribution in [0.2, 0.25) is 0 Å². The van der Waals surface area contributed by atoms with Crippen molar-refractivity contribution < 1.29 is 4.42 Å². The van der Waals surface area contributed by atoms with Crippen molar-refractivity contribution in [2.24, 2.45) is 5.11 Å². The summed E-state index contributed by atoms with van der Waals surface area (Å²) < 4.78 is 6.70. The van der Waals surface area contributed by atoms with Crippen LogP contribution in [0.3, 0.4) is 0 Å². The van der Waals surface area contributed by atoms with Crippen LogP contribution in [0.4, 0.5) is 5.88 Å². The smallest absolute Gasteiger partial charge is 0.244 e. The quantitative estimate of drug-likeness (QED) is 0.633. The Hall–Kier alpha value is -0.650. The highest BCUT2D eigenvalue weighted by Crippen LogP contribution is 2.21. The standard InChI is InChI=1S/C6H5IN2O/c7-3-1-5-2-4-10-6(5)9-8/h1-4,8H/b3-1-,9-8?. The van der Waals surface area contributed by atoms with Crippen LogP contribution in [0.5, 0.6) is 0 Å². The molecule has 1 aromatic rings. The van der Waals surface area contributed by atoms with Crippen LogP contribution in [-0.4, -0.2) is 0 Å². The van der Waals surface area contributed by atoms with Gasteiger partial charge in [-0.25, -0.2) is 5.53 Å². The van der Waals surface area contributed by atoms with Crippen molar-refractivity contribution in [3.8, 4) is 0 Å². The second-order valence-electron chi connectivity index (χ2n) is 1.59. The normalized spacial score (nSPS) is 10.5. The van der Waals surface area contributed by atoms with Gasteiger partial charge in [0.25, 0.3) is 0 Å². The van der Waals surface area contributed by atoms with Gasteiger partial charge in [-0.3, -0.25) is 0 Å². The Morgan fingerprint density at radius 1 is 1.70 bits per heavy atom. The highest BCUT2D eigenvalue weighted by Gasteiger charge is 1.98. The highest BCUT2D eigenvalue weighted by atomic mass is 127. The van der Waals surface area contributed by atoms with Crippen molar-refractivity contribution in [3.63, 3.8) is 0 Å². The lowest BCUT2D eigenvalue weighted by Gasteiger charge is -1.82. The van der Waals surface area contributed by atoms with E-state index in [4.69, 9.17) is 9.95 Å². The average molecular weight is 248 g/mol. The molecule has 0 fully saturated rings. The molecule has 1 aromatic heterocycles. The fourth-order valence-corrected chi connectivity index (χ4v) is 0.984. The molecule has 0 aliphatic rings. The van der Waals surface area contributed by atoms with Gasteiger partial charge in [-0.2, -0.15) is 0 Å². The number of rotatable bonds is 2. The van der Waals surface area contributed by atoms with Crippen molar-refractivity contribution in [1.82, 2.24) is 0 Å². The van der Waals surface area contributed by atoms with E-state index < -0.39 is 0 Å². The molecular formula is C6H5IN2O. The molecule has 1 N–H and O–H groups in total. The molecule has 0 saturated heterocycles. The van der Waals surface area contributed by atoms with Crippen LogP contribution < -0.4 is 0 Å². The molecule has 0 unspecified atom stereocenters. The van der Waals surface area contributed by atoms with Crippen LogP contribution in [0.15, 0.2) is 25.9 Å². The molecule has 10 heavy (non-hydrogen) atoms. The minimum atomic E-state index is 0.355. The Kier molecular flexibility index (Phi) is 2.61. The van der Waals surface area contributed by atoms with Gasteiger partial charge in [0.2, 0.25) is 5.88 Å². The van der Waals surface area contributed by atoms with Gasteiger partial charge < -0.3 is 4.42 Å². The molecule has 1 heterocycles. The zero-order chi connectivity index (χ0) is 7.40. The molecule has 0 radical (unpaired) electrons. The largest absolute Gasteiger partial charge is 0.445 e. The number of hydrogen-bond acceptors (Lipinski definition) is 3. The predicted molar refractivity (Wildman–Crippen MR) is 46.6 cm³/mol. The Morgan fingerprint density at radius 2 is 2.50 bits per heavy atom. The summed E-state index contributed by atoms with van der Waals surface area (Å²) in [7, 11) is 0. The maximum Gasteiger partial charge on any atom is 0.244 e. The van der Waals surface area contributed by atoms with Crippen molar-refractivity contribution >= 4 is 34.6 Å².